The van der Waals surface area contributed by atoms with Gasteiger partial charge in [-0.05, 0) is 37.1 Å². The molecule has 1 aliphatic rings. The summed E-state index contributed by atoms with van der Waals surface area (Å²) < 4.78 is 2.20. The third-order valence-electron chi connectivity index (χ3n) is 3.66. The number of hydrogen-bond donors (Lipinski definition) is 1. The molecular weight excluding hydrogens is 242 g/mol. The molecular formula is C14H19N3S. The molecule has 2 N–H and O–H groups in total. The van der Waals surface area contributed by atoms with Gasteiger partial charge in [0, 0.05) is 11.8 Å². The molecule has 0 spiro atoms. The van der Waals surface area contributed by atoms with Gasteiger partial charge in [-0.1, -0.05) is 18.6 Å². The van der Waals surface area contributed by atoms with Crippen molar-refractivity contribution in [1.29, 1.82) is 0 Å². The topological polar surface area (TPSA) is 43.8 Å². The first-order valence-electron chi connectivity index (χ1n) is 6.58. The Morgan fingerprint density at radius 3 is 3.11 bits per heavy atom. The lowest BCUT2D eigenvalue weighted by Crippen LogP contribution is -2.18. The van der Waals surface area contributed by atoms with Gasteiger partial charge in [0.05, 0.1) is 11.0 Å². The summed E-state index contributed by atoms with van der Waals surface area (Å²) in [5.74, 6) is 1.95. The van der Waals surface area contributed by atoms with Crippen LogP contribution in [0.3, 0.4) is 0 Å². The lowest BCUT2D eigenvalue weighted by molar-refractivity contribution is 0.595. The monoisotopic (exact) mass is 261 g/mol. The van der Waals surface area contributed by atoms with E-state index in [0.29, 0.717) is 11.2 Å². The summed E-state index contributed by atoms with van der Waals surface area (Å²) in [6, 6.07) is 6.22. The van der Waals surface area contributed by atoms with Gasteiger partial charge in [0.15, 0.2) is 0 Å². The van der Waals surface area contributed by atoms with Crippen LogP contribution in [0.25, 0.3) is 11.0 Å². The molecule has 1 fully saturated rings. The molecule has 2 heterocycles. The lowest BCUT2D eigenvalue weighted by Gasteiger charge is -2.22. The predicted molar refractivity (Wildman–Crippen MR) is 79.0 cm³/mol. The number of thioether (sulfide) groups is 1. The largest absolute Gasteiger partial charge is 0.369 e. The van der Waals surface area contributed by atoms with Crippen molar-refractivity contribution in [2.45, 2.75) is 38.0 Å². The Labute approximate surface area is 112 Å². The van der Waals surface area contributed by atoms with E-state index in [9.17, 15) is 0 Å². The average molecular weight is 261 g/mol. The van der Waals surface area contributed by atoms with Gasteiger partial charge in [0.1, 0.15) is 0 Å². The van der Waals surface area contributed by atoms with Crippen LogP contribution in [-0.2, 0) is 6.54 Å². The smallest absolute Gasteiger partial charge is 0.201 e. The maximum Gasteiger partial charge on any atom is 0.201 e. The Balaban J connectivity index is 1.97. The number of nitrogens with zero attached hydrogens (tertiary/aromatic N) is 2. The number of nitrogen functional groups attached to an aromatic ring is 1. The highest BCUT2D eigenvalue weighted by atomic mass is 32.2. The Morgan fingerprint density at radius 2 is 2.33 bits per heavy atom. The number of para-hydroxylation sites is 1. The van der Waals surface area contributed by atoms with Crippen molar-refractivity contribution in [3.8, 4) is 0 Å². The molecule has 0 amide bonds. The zero-order chi connectivity index (χ0) is 12.5. The summed E-state index contributed by atoms with van der Waals surface area (Å²) in [5, 5.41) is 0.693. The van der Waals surface area contributed by atoms with Crippen molar-refractivity contribution in [2.75, 3.05) is 11.5 Å². The molecule has 1 aromatic heterocycles. The SMILES string of the molecule is Cc1cccc2nc(N)n(CC3CCCCS3)c12. The summed E-state index contributed by atoms with van der Waals surface area (Å²) in [6.45, 7) is 3.13. The Kier molecular flexibility index (Phi) is 3.20. The molecule has 2 aromatic rings. The van der Waals surface area contributed by atoms with Crippen LogP contribution in [0.2, 0.25) is 0 Å². The highest BCUT2D eigenvalue weighted by Crippen LogP contribution is 2.29. The van der Waals surface area contributed by atoms with Crippen molar-refractivity contribution in [2.24, 2.45) is 0 Å². The molecule has 1 atom stereocenters. The number of rotatable bonds is 2. The van der Waals surface area contributed by atoms with Crippen molar-refractivity contribution >= 4 is 28.7 Å². The second-order valence-corrected chi connectivity index (χ2v) is 6.42. The maximum absolute atomic E-state index is 6.08. The van der Waals surface area contributed by atoms with Crippen LogP contribution < -0.4 is 5.73 Å². The average Bonchev–Trinajstić information content (AvgIpc) is 2.69. The van der Waals surface area contributed by atoms with Gasteiger partial charge in [-0.25, -0.2) is 4.98 Å². The minimum Gasteiger partial charge on any atom is -0.369 e. The molecule has 1 unspecified atom stereocenters. The zero-order valence-electron chi connectivity index (χ0n) is 10.7. The maximum atomic E-state index is 6.08. The molecule has 1 saturated heterocycles. The fourth-order valence-electron chi connectivity index (χ4n) is 2.72. The fourth-order valence-corrected chi connectivity index (χ4v) is 4.01. The van der Waals surface area contributed by atoms with E-state index in [0.717, 1.165) is 12.1 Å². The number of benzene rings is 1. The molecule has 1 aliphatic heterocycles. The summed E-state index contributed by atoms with van der Waals surface area (Å²) >= 11 is 2.08. The van der Waals surface area contributed by atoms with Crippen molar-refractivity contribution in [3.05, 3.63) is 23.8 Å². The number of aromatic nitrogens is 2. The van der Waals surface area contributed by atoms with Gasteiger partial charge in [0.2, 0.25) is 5.95 Å². The second-order valence-electron chi connectivity index (χ2n) is 5.01. The second kappa shape index (κ2) is 4.84. The molecule has 96 valence electrons. The van der Waals surface area contributed by atoms with E-state index in [4.69, 9.17) is 5.73 Å². The van der Waals surface area contributed by atoms with E-state index in [2.05, 4.69) is 34.3 Å². The molecule has 4 heteroatoms. The van der Waals surface area contributed by atoms with E-state index < -0.39 is 0 Å². The molecule has 3 rings (SSSR count). The fraction of sp³-hybridized carbons (Fsp3) is 0.500. The van der Waals surface area contributed by atoms with Gasteiger partial charge in [0.25, 0.3) is 0 Å². The summed E-state index contributed by atoms with van der Waals surface area (Å²) in [4.78, 5) is 4.47. The number of hydrogen-bond acceptors (Lipinski definition) is 3. The van der Waals surface area contributed by atoms with E-state index in [1.807, 2.05) is 12.1 Å². The van der Waals surface area contributed by atoms with Crippen LogP contribution in [0.5, 0.6) is 0 Å². The van der Waals surface area contributed by atoms with Crippen LogP contribution >= 0.6 is 11.8 Å². The summed E-state index contributed by atoms with van der Waals surface area (Å²) in [5.41, 5.74) is 9.57. The molecule has 3 nitrogen and oxygen atoms in total. The number of aryl methyl sites for hydroxylation is 1. The van der Waals surface area contributed by atoms with Crippen molar-refractivity contribution in [3.63, 3.8) is 0 Å². The molecule has 0 bridgehead atoms. The normalized spacial score (nSPS) is 20.4. The lowest BCUT2D eigenvalue weighted by atomic mass is 10.1. The molecule has 1 aromatic carbocycles. The van der Waals surface area contributed by atoms with Gasteiger partial charge in [-0.2, -0.15) is 11.8 Å². The highest BCUT2D eigenvalue weighted by molar-refractivity contribution is 7.99. The Bertz CT molecular complexity index is 555. The third-order valence-corrected chi connectivity index (χ3v) is 5.04. The van der Waals surface area contributed by atoms with Crippen LogP contribution in [0.15, 0.2) is 18.2 Å². The first kappa shape index (κ1) is 11.9. The van der Waals surface area contributed by atoms with Gasteiger partial charge >= 0.3 is 0 Å². The van der Waals surface area contributed by atoms with Crippen LogP contribution in [0.4, 0.5) is 5.95 Å². The van der Waals surface area contributed by atoms with Gasteiger partial charge < -0.3 is 10.3 Å². The van der Waals surface area contributed by atoms with E-state index in [-0.39, 0.29) is 0 Å². The predicted octanol–water partition coefficient (Wildman–Crippen LogP) is 3.21. The summed E-state index contributed by atoms with van der Waals surface area (Å²) in [6.07, 6.45) is 4.01. The number of imidazole rings is 1. The minimum absolute atomic E-state index is 0.658. The Hall–Kier alpha value is -1.16. The summed E-state index contributed by atoms with van der Waals surface area (Å²) in [7, 11) is 0. The molecule has 0 radical (unpaired) electrons. The zero-order valence-corrected chi connectivity index (χ0v) is 11.5. The first-order chi connectivity index (χ1) is 8.75. The van der Waals surface area contributed by atoms with E-state index >= 15 is 0 Å². The van der Waals surface area contributed by atoms with Crippen LogP contribution in [0, 0.1) is 6.92 Å². The van der Waals surface area contributed by atoms with Gasteiger partial charge in [-0.15, -0.1) is 0 Å². The molecule has 18 heavy (non-hydrogen) atoms. The molecule has 0 aliphatic carbocycles. The number of fused-ring (bicyclic) bond motifs is 1. The number of nitrogens with two attached hydrogens (primary N) is 1. The number of anilines is 1. The van der Waals surface area contributed by atoms with Crippen molar-refractivity contribution in [1.82, 2.24) is 9.55 Å². The van der Waals surface area contributed by atoms with Crippen molar-refractivity contribution < 1.29 is 0 Å². The van der Waals surface area contributed by atoms with Gasteiger partial charge in [-0.3, -0.25) is 0 Å². The third kappa shape index (κ3) is 2.09. The van der Waals surface area contributed by atoms with E-state index in [1.54, 1.807) is 0 Å². The van der Waals surface area contributed by atoms with E-state index in [1.165, 1.54) is 36.1 Å². The highest BCUT2D eigenvalue weighted by Gasteiger charge is 2.18. The quantitative estimate of drug-likeness (QED) is 0.902. The Morgan fingerprint density at radius 1 is 1.44 bits per heavy atom. The van der Waals surface area contributed by atoms with Crippen LogP contribution in [-0.4, -0.2) is 20.6 Å². The molecule has 0 saturated carbocycles. The van der Waals surface area contributed by atoms with Crippen LogP contribution in [0.1, 0.15) is 24.8 Å². The first-order valence-corrected chi connectivity index (χ1v) is 7.63. The minimum atomic E-state index is 0.658. The standard InChI is InChI=1S/C14H19N3S/c1-10-5-4-7-12-13(10)17(14(15)16-12)9-11-6-2-3-8-18-11/h4-5,7,11H,2-3,6,8-9H2,1H3,(H2,15,16).